The van der Waals surface area contributed by atoms with E-state index in [-0.39, 0.29) is 40.0 Å². The molecule has 1 aromatic heterocycles. The summed E-state index contributed by atoms with van der Waals surface area (Å²) < 4.78 is 33.8. The summed E-state index contributed by atoms with van der Waals surface area (Å²) in [6.07, 6.45) is 1.22. The predicted octanol–water partition coefficient (Wildman–Crippen LogP) is 3.55. The van der Waals surface area contributed by atoms with E-state index in [2.05, 4.69) is 20.0 Å². The third-order valence-electron chi connectivity index (χ3n) is 4.40. The number of aromatic nitrogens is 2. The van der Waals surface area contributed by atoms with Crippen molar-refractivity contribution >= 4 is 39.0 Å². The highest BCUT2D eigenvalue weighted by Crippen LogP contribution is 2.29. The minimum Gasteiger partial charge on any atom is -0.470 e. The van der Waals surface area contributed by atoms with E-state index < -0.39 is 10.0 Å². The summed E-state index contributed by atoms with van der Waals surface area (Å²) in [7, 11) is -4.03. The van der Waals surface area contributed by atoms with Crippen molar-refractivity contribution in [1.82, 2.24) is 15.3 Å². The first-order valence-electron chi connectivity index (χ1n) is 9.63. The fraction of sp³-hybridized carbons (Fsp3) is 0.238. The zero-order valence-corrected chi connectivity index (χ0v) is 19.5. The Labute approximate surface area is 196 Å². The van der Waals surface area contributed by atoms with E-state index in [4.69, 9.17) is 33.0 Å². The Kier molecular flexibility index (Phi) is 8.27. The van der Waals surface area contributed by atoms with Gasteiger partial charge in [-0.3, -0.25) is 4.72 Å². The molecule has 0 aliphatic carbocycles. The standard InChI is InChI=1S/C21H22Cl2N4O4S/c1-14-3-2-4-17(19(14)23)32(29,30)27-20-21(26-18(22)12-25-20)31-13-16-7-5-15(6-8-16)11-24-9-10-28/h2-8,12,24,28H,9-11,13H2,1H3,(H,25,27). The molecule has 0 atom stereocenters. The molecule has 0 aliphatic rings. The van der Waals surface area contributed by atoms with Gasteiger partial charge in [-0.2, -0.15) is 4.98 Å². The molecule has 0 radical (unpaired) electrons. The molecule has 0 unspecified atom stereocenters. The topological polar surface area (TPSA) is 113 Å². The molecule has 2 aromatic carbocycles. The number of nitrogens with one attached hydrogen (secondary N) is 2. The van der Waals surface area contributed by atoms with Gasteiger partial charge >= 0.3 is 0 Å². The predicted molar refractivity (Wildman–Crippen MR) is 124 cm³/mol. The van der Waals surface area contributed by atoms with Crippen LogP contribution >= 0.6 is 23.2 Å². The fourth-order valence-corrected chi connectivity index (χ4v) is 4.47. The van der Waals surface area contributed by atoms with E-state index in [0.29, 0.717) is 18.7 Å². The van der Waals surface area contributed by atoms with Gasteiger partial charge in [0.25, 0.3) is 15.9 Å². The highest BCUT2D eigenvalue weighted by Gasteiger charge is 2.22. The number of benzene rings is 2. The Bertz CT molecular complexity index is 1170. The number of sulfonamides is 1. The number of hydrogen-bond acceptors (Lipinski definition) is 7. The number of aliphatic hydroxyl groups excluding tert-OH is 1. The maximum absolute atomic E-state index is 12.9. The average molecular weight is 497 g/mol. The van der Waals surface area contributed by atoms with Crippen LogP contribution in [-0.2, 0) is 23.2 Å². The summed E-state index contributed by atoms with van der Waals surface area (Å²) >= 11 is 12.1. The van der Waals surface area contributed by atoms with Crippen LogP contribution in [0.2, 0.25) is 10.2 Å². The van der Waals surface area contributed by atoms with E-state index in [1.54, 1.807) is 19.1 Å². The summed E-state index contributed by atoms with van der Waals surface area (Å²) in [6.45, 7) is 3.07. The van der Waals surface area contributed by atoms with Crippen LogP contribution in [0.4, 0.5) is 5.82 Å². The Hall–Kier alpha value is -2.43. The maximum atomic E-state index is 12.9. The van der Waals surface area contributed by atoms with Crippen LogP contribution in [0.25, 0.3) is 0 Å². The molecule has 32 heavy (non-hydrogen) atoms. The molecule has 3 N–H and O–H groups in total. The van der Waals surface area contributed by atoms with Crippen molar-refractivity contribution in [3.05, 3.63) is 75.5 Å². The first-order valence-corrected chi connectivity index (χ1v) is 11.9. The second-order valence-electron chi connectivity index (χ2n) is 6.84. The molecule has 0 aliphatic heterocycles. The summed E-state index contributed by atoms with van der Waals surface area (Å²) in [4.78, 5) is 8.01. The van der Waals surface area contributed by atoms with Crippen LogP contribution in [0.3, 0.4) is 0 Å². The van der Waals surface area contributed by atoms with Gasteiger partial charge in [-0.1, -0.05) is 59.6 Å². The van der Waals surface area contributed by atoms with Crippen molar-refractivity contribution in [1.29, 1.82) is 0 Å². The maximum Gasteiger partial charge on any atom is 0.264 e. The molecule has 11 heteroatoms. The van der Waals surface area contributed by atoms with Crippen molar-refractivity contribution in [2.75, 3.05) is 17.9 Å². The lowest BCUT2D eigenvalue weighted by Crippen LogP contribution is -2.17. The monoisotopic (exact) mass is 496 g/mol. The van der Waals surface area contributed by atoms with Gasteiger partial charge < -0.3 is 15.2 Å². The zero-order valence-electron chi connectivity index (χ0n) is 17.2. The lowest BCUT2D eigenvalue weighted by atomic mass is 10.1. The van der Waals surface area contributed by atoms with Gasteiger partial charge in [-0.15, -0.1) is 0 Å². The van der Waals surface area contributed by atoms with Gasteiger partial charge in [-0.25, -0.2) is 13.4 Å². The fourth-order valence-electron chi connectivity index (χ4n) is 2.75. The SMILES string of the molecule is Cc1cccc(S(=O)(=O)Nc2ncc(Cl)nc2OCc2ccc(CNCCO)cc2)c1Cl. The third-order valence-corrected chi connectivity index (χ3v) is 6.58. The number of rotatable bonds is 10. The molecular formula is C21H22Cl2N4O4S. The molecule has 3 rings (SSSR count). The van der Waals surface area contributed by atoms with Gasteiger partial charge in [0, 0.05) is 13.1 Å². The van der Waals surface area contributed by atoms with Crippen molar-refractivity contribution < 1.29 is 18.3 Å². The Morgan fingerprint density at radius 2 is 1.81 bits per heavy atom. The van der Waals surface area contributed by atoms with Gasteiger partial charge in [0.05, 0.1) is 17.8 Å². The minimum absolute atomic E-state index is 0.0569. The second-order valence-corrected chi connectivity index (χ2v) is 9.26. The number of nitrogens with zero attached hydrogens (tertiary/aromatic N) is 2. The van der Waals surface area contributed by atoms with E-state index in [1.807, 2.05) is 24.3 Å². The zero-order chi connectivity index (χ0) is 23.1. The van der Waals surface area contributed by atoms with E-state index in [9.17, 15) is 8.42 Å². The smallest absolute Gasteiger partial charge is 0.264 e. The van der Waals surface area contributed by atoms with E-state index in [0.717, 1.165) is 11.1 Å². The lowest BCUT2D eigenvalue weighted by molar-refractivity contribution is 0.292. The number of aryl methyl sites for hydroxylation is 1. The molecular weight excluding hydrogens is 475 g/mol. The van der Waals surface area contributed by atoms with Gasteiger partial charge in [0.1, 0.15) is 11.5 Å². The van der Waals surface area contributed by atoms with Gasteiger partial charge in [-0.05, 0) is 29.7 Å². The molecule has 1 heterocycles. The number of ether oxygens (including phenoxy) is 1. The van der Waals surface area contributed by atoms with Crippen LogP contribution in [0.1, 0.15) is 16.7 Å². The largest absolute Gasteiger partial charge is 0.470 e. The van der Waals surface area contributed by atoms with Crippen LogP contribution in [0.5, 0.6) is 5.88 Å². The highest BCUT2D eigenvalue weighted by atomic mass is 35.5. The molecule has 0 bridgehead atoms. The molecule has 3 aromatic rings. The lowest BCUT2D eigenvalue weighted by Gasteiger charge is -2.13. The van der Waals surface area contributed by atoms with Crippen molar-refractivity contribution in [2.45, 2.75) is 25.0 Å². The van der Waals surface area contributed by atoms with E-state index in [1.165, 1.54) is 12.3 Å². The summed E-state index contributed by atoms with van der Waals surface area (Å²) in [5, 5.41) is 12.1. The first kappa shape index (κ1) is 24.2. The quantitative estimate of drug-likeness (QED) is 0.367. The Morgan fingerprint density at radius 3 is 2.53 bits per heavy atom. The molecule has 170 valence electrons. The Morgan fingerprint density at radius 1 is 1.09 bits per heavy atom. The summed E-state index contributed by atoms with van der Waals surface area (Å²) in [5.74, 6) is -0.157. The van der Waals surface area contributed by atoms with Crippen molar-refractivity contribution in [2.24, 2.45) is 0 Å². The van der Waals surface area contributed by atoms with Crippen LogP contribution < -0.4 is 14.8 Å². The third kappa shape index (κ3) is 6.30. The van der Waals surface area contributed by atoms with Crippen molar-refractivity contribution in [3.8, 4) is 5.88 Å². The molecule has 0 amide bonds. The van der Waals surface area contributed by atoms with Gasteiger partial charge in [0.2, 0.25) is 5.82 Å². The van der Waals surface area contributed by atoms with E-state index >= 15 is 0 Å². The molecule has 0 fully saturated rings. The van der Waals surface area contributed by atoms with Crippen molar-refractivity contribution in [3.63, 3.8) is 0 Å². The second kappa shape index (κ2) is 10.9. The average Bonchev–Trinajstić information content (AvgIpc) is 2.76. The number of aliphatic hydroxyl groups is 1. The van der Waals surface area contributed by atoms with Crippen LogP contribution in [0, 0.1) is 6.92 Å². The summed E-state index contributed by atoms with van der Waals surface area (Å²) in [6, 6.07) is 12.3. The highest BCUT2D eigenvalue weighted by molar-refractivity contribution is 7.92. The number of hydrogen-bond donors (Lipinski definition) is 3. The molecule has 0 saturated carbocycles. The van der Waals surface area contributed by atoms with Gasteiger partial charge in [0.15, 0.2) is 5.15 Å². The van der Waals surface area contributed by atoms with Crippen LogP contribution in [0.15, 0.2) is 53.6 Å². The normalized spacial score (nSPS) is 11.4. The first-order chi connectivity index (χ1) is 15.3. The van der Waals surface area contributed by atoms with Crippen LogP contribution in [-0.4, -0.2) is 36.6 Å². The molecule has 8 nitrogen and oxygen atoms in total. The molecule has 0 saturated heterocycles. The minimum atomic E-state index is -4.03. The Balaban J connectivity index is 1.75. The number of anilines is 1. The summed E-state index contributed by atoms with van der Waals surface area (Å²) in [5.41, 5.74) is 2.52. The molecule has 0 spiro atoms. The number of halogens is 2.